The second kappa shape index (κ2) is 9.31. The number of methoxy groups -OCH3 is 1. The van der Waals surface area contributed by atoms with E-state index in [2.05, 4.69) is 15.9 Å². The Kier molecular flexibility index (Phi) is 6.15. The molecule has 2 amide bonds. The van der Waals surface area contributed by atoms with Crippen molar-refractivity contribution in [2.75, 3.05) is 12.0 Å². The first-order valence-corrected chi connectivity index (χ1v) is 13.7. The van der Waals surface area contributed by atoms with Gasteiger partial charge in [-0.05, 0) is 73.7 Å². The molecule has 1 saturated heterocycles. The van der Waals surface area contributed by atoms with Crippen molar-refractivity contribution in [1.29, 1.82) is 0 Å². The highest BCUT2D eigenvalue weighted by molar-refractivity contribution is 9.10. The smallest absolute Gasteiger partial charge is 0.238 e. The average Bonchev–Trinajstić information content (AvgIpc) is 3.18. The zero-order chi connectivity index (χ0) is 27.7. The number of carbonyl (C=O) groups excluding carboxylic acids is 4. The fraction of sp³-hybridized carbons (Fsp3) is 0.267. The lowest BCUT2D eigenvalue weighted by atomic mass is 9.59. The van der Waals surface area contributed by atoms with Crippen LogP contribution in [0.4, 0.5) is 5.69 Å². The largest absolute Gasteiger partial charge is 0.503 e. The van der Waals surface area contributed by atoms with Gasteiger partial charge in [-0.3, -0.25) is 24.1 Å². The van der Waals surface area contributed by atoms with Crippen molar-refractivity contribution >= 4 is 56.6 Å². The number of ketones is 2. The third-order valence-corrected chi connectivity index (χ3v) is 9.07. The first-order valence-electron chi connectivity index (χ1n) is 12.5. The summed E-state index contributed by atoms with van der Waals surface area (Å²) in [7, 11) is 1.40. The van der Waals surface area contributed by atoms with Crippen LogP contribution in [0, 0.1) is 17.8 Å². The molecule has 4 atom stereocenters. The van der Waals surface area contributed by atoms with Gasteiger partial charge in [0.15, 0.2) is 23.1 Å². The van der Waals surface area contributed by atoms with E-state index in [0.29, 0.717) is 34.4 Å². The number of anilines is 1. The van der Waals surface area contributed by atoms with Crippen LogP contribution in [0.1, 0.15) is 31.2 Å². The van der Waals surface area contributed by atoms with Crippen LogP contribution < -0.4 is 9.64 Å². The minimum absolute atomic E-state index is 0.0401. The molecule has 1 N–H and O–H groups in total. The molecule has 6 rings (SSSR count). The minimum Gasteiger partial charge on any atom is -0.503 e. The molecule has 0 bridgehead atoms. The van der Waals surface area contributed by atoms with Gasteiger partial charge in [-0.25, -0.2) is 0 Å². The normalized spacial score (nSPS) is 26.2. The van der Waals surface area contributed by atoms with E-state index >= 15 is 0 Å². The number of hydrogen-bond acceptors (Lipinski definition) is 6. The van der Waals surface area contributed by atoms with Crippen molar-refractivity contribution in [3.8, 4) is 11.5 Å². The lowest BCUT2D eigenvalue weighted by Gasteiger charge is -2.42. The van der Waals surface area contributed by atoms with Crippen molar-refractivity contribution in [3.05, 3.63) is 85.9 Å². The summed E-state index contributed by atoms with van der Waals surface area (Å²) in [5.41, 5.74) is 2.90. The maximum absolute atomic E-state index is 13.9. The maximum Gasteiger partial charge on any atom is 0.238 e. The molecule has 1 fully saturated rings. The summed E-state index contributed by atoms with van der Waals surface area (Å²) < 4.78 is 6.16. The lowest BCUT2D eigenvalue weighted by molar-refractivity contribution is -0.123. The molecule has 3 aliphatic carbocycles. The molecule has 0 aromatic heterocycles. The van der Waals surface area contributed by atoms with Crippen LogP contribution in [-0.2, 0) is 19.2 Å². The molecule has 9 heteroatoms. The van der Waals surface area contributed by atoms with E-state index in [1.807, 2.05) is 6.08 Å². The van der Waals surface area contributed by atoms with Gasteiger partial charge in [-0.2, -0.15) is 0 Å². The monoisotopic (exact) mass is 607 g/mol. The molecule has 4 aliphatic rings. The molecular weight excluding hydrogens is 586 g/mol. The predicted octanol–water partition coefficient (Wildman–Crippen LogP) is 5.45. The number of halogens is 2. The van der Waals surface area contributed by atoms with Gasteiger partial charge in [0.25, 0.3) is 0 Å². The molecule has 0 radical (unpaired) electrons. The molecule has 0 spiro atoms. The van der Waals surface area contributed by atoms with Gasteiger partial charge in [0.05, 0.1) is 29.7 Å². The van der Waals surface area contributed by atoms with E-state index in [1.54, 1.807) is 43.3 Å². The molecule has 2 aromatic rings. The number of allylic oxidation sites excluding steroid dienone is 6. The van der Waals surface area contributed by atoms with Crippen LogP contribution in [0.15, 0.2) is 75.3 Å². The molecular formula is C30H23BrClNO6. The zero-order valence-corrected chi connectivity index (χ0v) is 23.4. The van der Waals surface area contributed by atoms with Crippen molar-refractivity contribution in [1.82, 2.24) is 0 Å². The Morgan fingerprint density at radius 3 is 2.46 bits per heavy atom. The van der Waals surface area contributed by atoms with Gasteiger partial charge >= 0.3 is 0 Å². The predicted molar refractivity (Wildman–Crippen MR) is 148 cm³/mol. The molecule has 7 nitrogen and oxygen atoms in total. The third-order valence-electron chi connectivity index (χ3n) is 8.25. The van der Waals surface area contributed by atoms with Crippen LogP contribution in [-0.4, -0.2) is 35.6 Å². The minimum atomic E-state index is -0.684. The fourth-order valence-corrected chi connectivity index (χ4v) is 6.98. The number of amides is 2. The summed E-state index contributed by atoms with van der Waals surface area (Å²) in [4.78, 5) is 55.5. The topological polar surface area (TPSA) is 101 Å². The van der Waals surface area contributed by atoms with E-state index in [9.17, 15) is 24.3 Å². The number of Topliss-reactive ketones (excluding diaryl/α,β-unsaturated/α-hetero) is 1. The number of imide groups is 1. The number of fused-ring (bicyclic) bond motifs is 3. The quantitative estimate of drug-likeness (QED) is 0.283. The van der Waals surface area contributed by atoms with E-state index in [4.69, 9.17) is 16.3 Å². The molecule has 1 aliphatic heterocycles. The molecule has 198 valence electrons. The van der Waals surface area contributed by atoms with Gasteiger partial charge in [-0.1, -0.05) is 39.2 Å². The number of nitrogens with zero attached hydrogens (tertiary/aromatic N) is 1. The van der Waals surface area contributed by atoms with E-state index in [-0.39, 0.29) is 46.3 Å². The van der Waals surface area contributed by atoms with Crippen LogP contribution in [0.5, 0.6) is 11.5 Å². The Morgan fingerprint density at radius 2 is 1.77 bits per heavy atom. The highest BCUT2D eigenvalue weighted by atomic mass is 79.9. The number of phenolic OH excluding ortho intramolecular Hbond substituents is 1. The van der Waals surface area contributed by atoms with Gasteiger partial charge in [0, 0.05) is 27.1 Å². The highest BCUT2D eigenvalue weighted by Gasteiger charge is 2.56. The van der Waals surface area contributed by atoms with E-state index < -0.39 is 23.7 Å². The SMILES string of the molecule is COc1cc(C2C3=CCC4C(=O)N(c5ccc(Br)cc5)C(=O)C4C3CC3=C2C(=O)C(C)=CC3=O)cc(Cl)c1O. The highest BCUT2D eigenvalue weighted by Crippen LogP contribution is 2.56. The molecule has 0 saturated carbocycles. The van der Waals surface area contributed by atoms with Crippen molar-refractivity contribution in [2.45, 2.75) is 25.7 Å². The zero-order valence-electron chi connectivity index (χ0n) is 21.0. The maximum atomic E-state index is 13.9. The summed E-state index contributed by atoms with van der Waals surface area (Å²) in [6.07, 6.45) is 3.79. The second-order valence-electron chi connectivity index (χ2n) is 10.3. The van der Waals surface area contributed by atoms with Crippen LogP contribution in [0.3, 0.4) is 0 Å². The second-order valence-corrected chi connectivity index (χ2v) is 11.6. The Morgan fingerprint density at radius 1 is 1.05 bits per heavy atom. The number of ether oxygens (including phenoxy) is 1. The number of aromatic hydroxyl groups is 1. The van der Waals surface area contributed by atoms with Crippen LogP contribution in [0.25, 0.3) is 0 Å². The van der Waals surface area contributed by atoms with Crippen LogP contribution in [0.2, 0.25) is 5.02 Å². The van der Waals surface area contributed by atoms with Crippen LogP contribution >= 0.6 is 27.5 Å². The number of phenols is 1. The van der Waals surface area contributed by atoms with Crippen molar-refractivity contribution < 1.29 is 29.0 Å². The summed E-state index contributed by atoms with van der Waals surface area (Å²) in [6, 6.07) is 10.2. The Bertz CT molecular complexity index is 1590. The Labute approximate surface area is 237 Å². The van der Waals surface area contributed by atoms with Crippen molar-refractivity contribution in [2.24, 2.45) is 17.8 Å². The lowest BCUT2D eigenvalue weighted by Crippen LogP contribution is -2.39. The number of hydrogen-bond donors (Lipinski definition) is 1. The molecule has 4 unspecified atom stereocenters. The number of rotatable bonds is 3. The number of carbonyl (C=O) groups is 4. The first kappa shape index (κ1) is 25.8. The van der Waals surface area contributed by atoms with Crippen molar-refractivity contribution in [3.63, 3.8) is 0 Å². The van der Waals surface area contributed by atoms with Gasteiger partial charge in [-0.15, -0.1) is 0 Å². The van der Waals surface area contributed by atoms with Gasteiger partial charge in [0.1, 0.15) is 0 Å². The van der Waals surface area contributed by atoms with Gasteiger partial charge < -0.3 is 9.84 Å². The third kappa shape index (κ3) is 3.84. The summed E-state index contributed by atoms with van der Waals surface area (Å²) in [5.74, 6) is -3.59. The summed E-state index contributed by atoms with van der Waals surface area (Å²) >= 11 is 9.74. The summed E-state index contributed by atoms with van der Waals surface area (Å²) in [6.45, 7) is 1.61. The standard InChI is InChI=1S/C30H23BrClNO6/c1-13-9-22(34)20-12-19-17(24(26(20)27(13)35)14-10-21(32)28(36)23(11-14)39-2)7-8-18-25(19)30(38)33(29(18)37)16-5-3-15(31)4-6-16/h3-7,9-11,18-19,24-25,36H,8,12H2,1-2H3. The Balaban J connectivity index is 1.51. The number of benzene rings is 2. The Hall–Kier alpha value is -3.49. The summed E-state index contributed by atoms with van der Waals surface area (Å²) in [5, 5.41) is 10.4. The van der Waals surface area contributed by atoms with E-state index in [1.165, 1.54) is 18.1 Å². The molecule has 2 aromatic carbocycles. The van der Waals surface area contributed by atoms with Gasteiger partial charge in [0.2, 0.25) is 11.8 Å². The molecule has 1 heterocycles. The van der Waals surface area contributed by atoms with E-state index in [0.717, 1.165) is 10.0 Å². The molecule has 39 heavy (non-hydrogen) atoms. The average molecular weight is 609 g/mol. The fourth-order valence-electron chi connectivity index (χ4n) is 6.50. The first-order chi connectivity index (χ1) is 18.6.